The Bertz CT molecular complexity index is 1040. The first-order chi connectivity index (χ1) is 13.6. The lowest BCUT2D eigenvalue weighted by Crippen LogP contribution is -2.20. The molecule has 0 radical (unpaired) electrons. The monoisotopic (exact) mass is 420 g/mol. The Labute approximate surface area is 171 Å². The topological polar surface area (TPSA) is 62.1 Å². The van der Waals surface area contributed by atoms with Crippen molar-refractivity contribution in [1.29, 1.82) is 0 Å². The number of nitrogens with zero attached hydrogens (tertiary/aromatic N) is 2. The van der Waals surface area contributed by atoms with Gasteiger partial charge in [-0.25, -0.2) is 0 Å². The number of fused-ring (bicyclic) bond motifs is 1. The fourth-order valence-corrected chi connectivity index (χ4v) is 4.30. The Kier molecular flexibility index (Phi) is 6.72. The zero-order valence-corrected chi connectivity index (χ0v) is 17.5. The van der Waals surface area contributed by atoms with E-state index >= 15 is 0 Å². The second-order valence-corrected chi connectivity index (χ2v) is 7.19. The zero-order valence-electron chi connectivity index (χ0n) is 15.9. The molecule has 8 heteroatoms. The number of rotatable bonds is 7. The van der Waals surface area contributed by atoms with Crippen LogP contribution in [-0.2, 0) is 11.3 Å². The summed E-state index contributed by atoms with van der Waals surface area (Å²) in [6, 6.07) is 10.8. The van der Waals surface area contributed by atoms with Gasteiger partial charge in [-0.1, -0.05) is 35.1 Å². The Morgan fingerprint density at radius 1 is 1.14 bits per heavy atom. The molecular weight excluding hydrogens is 400 g/mol. The maximum absolute atomic E-state index is 13.0. The van der Waals surface area contributed by atoms with Crippen LogP contribution in [0.15, 0.2) is 41.4 Å². The number of hydrogen-bond donors (Lipinski definition) is 0. The summed E-state index contributed by atoms with van der Waals surface area (Å²) in [5.74, 6) is 0.378. The molecule has 0 fully saturated rings. The third-order valence-corrected chi connectivity index (χ3v) is 5.50. The third kappa shape index (κ3) is 4.06. The van der Waals surface area contributed by atoms with Gasteiger partial charge in [-0.2, -0.15) is 4.99 Å². The number of ether oxygens (including phenoxy) is 3. The number of hydrogen-bond acceptors (Lipinski definition) is 5. The van der Waals surface area contributed by atoms with Crippen molar-refractivity contribution in [1.82, 2.24) is 4.57 Å². The Morgan fingerprint density at radius 3 is 2.46 bits per heavy atom. The van der Waals surface area contributed by atoms with Gasteiger partial charge in [-0.15, -0.1) is 0 Å². The van der Waals surface area contributed by atoms with Crippen LogP contribution in [0.1, 0.15) is 17.3 Å². The molecule has 3 aromatic rings. The summed E-state index contributed by atoms with van der Waals surface area (Å²) in [4.78, 5) is 17.9. The molecular formula is C20H21ClN2O4S. The third-order valence-electron chi connectivity index (χ3n) is 4.15. The predicted octanol–water partition coefficient (Wildman–Crippen LogP) is 4.15. The van der Waals surface area contributed by atoms with Crippen molar-refractivity contribution in [2.24, 2.45) is 4.99 Å². The molecule has 2 aromatic carbocycles. The van der Waals surface area contributed by atoms with Gasteiger partial charge in [0.15, 0.2) is 4.80 Å². The highest BCUT2D eigenvalue weighted by Gasteiger charge is 2.19. The SMILES string of the molecule is CCOCCn1c(=NC(=O)c2c(OC)cccc2OC)sc2cccc(Cl)c21. The number of halogens is 1. The van der Waals surface area contributed by atoms with Gasteiger partial charge in [0.2, 0.25) is 0 Å². The number of carbonyl (C=O) groups excluding carboxylic acids is 1. The number of amides is 1. The van der Waals surface area contributed by atoms with Gasteiger partial charge < -0.3 is 18.8 Å². The van der Waals surface area contributed by atoms with Gasteiger partial charge in [-0.3, -0.25) is 4.79 Å². The summed E-state index contributed by atoms with van der Waals surface area (Å²) in [6.07, 6.45) is 0. The van der Waals surface area contributed by atoms with Crippen molar-refractivity contribution in [3.63, 3.8) is 0 Å². The van der Waals surface area contributed by atoms with Crippen LogP contribution in [0.3, 0.4) is 0 Å². The molecule has 0 aliphatic carbocycles. The van der Waals surface area contributed by atoms with Gasteiger partial charge >= 0.3 is 0 Å². The molecule has 0 aliphatic rings. The van der Waals surface area contributed by atoms with Crippen LogP contribution in [-0.4, -0.2) is 37.9 Å². The van der Waals surface area contributed by atoms with Crippen molar-refractivity contribution in [3.8, 4) is 11.5 Å². The quantitative estimate of drug-likeness (QED) is 0.538. The lowest BCUT2D eigenvalue weighted by Gasteiger charge is -2.10. The number of para-hydroxylation sites is 1. The molecule has 1 heterocycles. The molecule has 1 amide bonds. The largest absolute Gasteiger partial charge is 0.496 e. The van der Waals surface area contributed by atoms with E-state index < -0.39 is 5.91 Å². The highest BCUT2D eigenvalue weighted by molar-refractivity contribution is 7.16. The van der Waals surface area contributed by atoms with E-state index in [1.54, 1.807) is 18.2 Å². The molecule has 0 saturated heterocycles. The Hall–Kier alpha value is -2.35. The molecule has 0 N–H and O–H groups in total. The highest BCUT2D eigenvalue weighted by Crippen LogP contribution is 2.29. The van der Waals surface area contributed by atoms with Crippen molar-refractivity contribution >= 4 is 39.1 Å². The summed E-state index contributed by atoms with van der Waals surface area (Å²) in [7, 11) is 3.01. The standard InChI is InChI=1S/C20H21ClN2O4S/c1-4-27-12-11-23-18-13(21)7-5-10-16(18)28-20(23)22-19(24)17-14(25-2)8-6-9-15(17)26-3/h5-10H,4,11-12H2,1-3H3. The van der Waals surface area contributed by atoms with Gasteiger partial charge in [0, 0.05) is 13.2 Å². The second kappa shape index (κ2) is 9.23. The molecule has 0 spiro atoms. The summed E-state index contributed by atoms with van der Waals surface area (Å²) in [5.41, 5.74) is 1.12. The van der Waals surface area contributed by atoms with E-state index in [9.17, 15) is 4.79 Å². The molecule has 0 unspecified atom stereocenters. The molecule has 0 atom stereocenters. The van der Waals surface area contributed by atoms with Gasteiger partial charge in [0.1, 0.15) is 17.1 Å². The first kappa shape index (κ1) is 20.4. The van der Waals surface area contributed by atoms with E-state index in [1.807, 2.05) is 29.7 Å². The van der Waals surface area contributed by atoms with Crippen LogP contribution >= 0.6 is 22.9 Å². The molecule has 148 valence electrons. The summed E-state index contributed by atoms with van der Waals surface area (Å²) >= 11 is 7.82. The van der Waals surface area contributed by atoms with Crippen LogP contribution in [0.5, 0.6) is 11.5 Å². The number of thiazole rings is 1. The summed E-state index contributed by atoms with van der Waals surface area (Å²) < 4.78 is 19.0. The zero-order chi connectivity index (χ0) is 20.1. The molecule has 28 heavy (non-hydrogen) atoms. The van der Waals surface area contributed by atoms with E-state index in [2.05, 4.69) is 4.99 Å². The fourth-order valence-electron chi connectivity index (χ4n) is 2.88. The molecule has 3 rings (SSSR count). The van der Waals surface area contributed by atoms with Crippen molar-refractivity contribution in [3.05, 3.63) is 51.8 Å². The summed E-state index contributed by atoms with van der Waals surface area (Å²) in [5, 5.41) is 0.606. The normalized spacial score (nSPS) is 11.8. The van der Waals surface area contributed by atoms with Crippen molar-refractivity contribution in [2.75, 3.05) is 27.4 Å². The molecule has 0 saturated carbocycles. The van der Waals surface area contributed by atoms with Crippen LogP contribution in [0, 0.1) is 0 Å². The van der Waals surface area contributed by atoms with Crippen LogP contribution in [0.2, 0.25) is 5.02 Å². The first-order valence-corrected chi connectivity index (χ1v) is 9.95. The maximum atomic E-state index is 13.0. The van der Waals surface area contributed by atoms with Gasteiger partial charge in [0.25, 0.3) is 5.91 Å². The van der Waals surface area contributed by atoms with Crippen LogP contribution in [0.25, 0.3) is 10.2 Å². The number of aromatic nitrogens is 1. The smallest absolute Gasteiger partial charge is 0.287 e. The Morgan fingerprint density at radius 2 is 1.82 bits per heavy atom. The summed E-state index contributed by atoms with van der Waals surface area (Å²) in [6.45, 7) is 3.58. The van der Waals surface area contributed by atoms with E-state index in [1.165, 1.54) is 25.6 Å². The maximum Gasteiger partial charge on any atom is 0.287 e. The van der Waals surface area contributed by atoms with E-state index in [0.29, 0.717) is 41.1 Å². The Balaban J connectivity index is 2.15. The van der Waals surface area contributed by atoms with Crippen molar-refractivity contribution in [2.45, 2.75) is 13.5 Å². The number of methoxy groups -OCH3 is 2. The molecule has 1 aromatic heterocycles. The van der Waals surface area contributed by atoms with Gasteiger partial charge in [-0.05, 0) is 31.2 Å². The van der Waals surface area contributed by atoms with Gasteiger partial charge in [0.05, 0.1) is 36.1 Å². The fraction of sp³-hybridized carbons (Fsp3) is 0.300. The lowest BCUT2D eigenvalue weighted by molar-refractivity contribution is 0.0990. The second-order valence-electron chi connectivity index (χ2n) is 5.77. The van der Waals surface area contributed by atoms with Crippen molar-refractivity contribution < 1.29 is 19.0 Å². The minimum absolute atomic E-state index is 0.285. The highest BCUT2D eigenvalue weighted by atomic mass is 35.5. The minimum atomic E-state index is -0.442. The average Bonchev–Trinajstić information content (AvgIpc) is 3.05. The molecule has 6 nitrogen and oxygen atoms in total. The van der Waals surface area contributed by atoms with Crippen LogP contribution < -0.4 is 14.3 Å². The van der Waals surface area contributed by atoms with E-state index in [-0.39, 0.29) is 5.56 Å². The van der Waals surface area contributed by atoms with E-state index in [0.717, 1.165) is 10.2 Å². The minimum Gasteiger partial charge on any atom is -0.496 e. The van der Waals surface area contributed by atoms with E-state index in [4.69, 9.17) is 25.8 Å². The average molecular weight is 421 g/mol. The van der Waals surface area contributed by atoms with Crippen LogP contribution in [0.4, 0.5) is 0 Å². The lowest BCUT2D eigenvalue weighted by atomic mass is 10.1. The molecule has 0 aliphatic heterocycles. The first-order valence-electron chi connectivity index (χ1n) is 8.76. The number of benzene rings is 2. The number of carbonyl (C=O) groups is 1. The molecule has 0 bridgehead atoms. The predicted molar refractivity (Wildman–Crippen MR) is 111 cm³/mol.